The fourth-order valence-corrected chi connectivity index (χ4v) is 3.51. The second kappa shape index (κ2) is 5.02. The Bertz CT molecular complexity index is 407. The van der Waals surface area contributed by atoms with E-state index in [-0.39, 0.29) is 0 Å². The number of hydrogen-bond acceptors (Lipinski definition) is 2. The third kappa shape index (κ3) is 2.45. The Morgan fingerprint density at radius 2 is 1.72 bits per heavy atom. The van der Waals surface area contributed by atoms with Crippen LogP contribution in [0, 0.1) is 0 Å². The molecule has 18 heavy (non-hydrogen) atoms. The maximum Gasteiger partial charge on any atom is 0.0678 e. The van der Waals surface area contributed by atoms with Crippen LogP contribution in [0.15, 0.2) is 24.3 Å². The van der Waals surface area contributed by atoms with Crippen LogP contribution >= 0.6 is 0 Å². The van der Waals surface area contributed by atoms with E-state index >= 15 is 0 Å². The summed E-state index contributed by atoms with van der Waals surface area (Å²) >= 11 is 0. The molecule has 98 valence electrons. The highest BCUT2D eigenvalue weighted by Gasteiger charge is 2.29. The third-order valence-corrected chi connectivity index (χ3v) is 4.29. The van der Waals surface area contributed by atoms with Crippen LogP contribution in [0.2, 0.25) is 0 Å². The minimum Gasteiger partial charge on any atom is -0.373 e. The first kappa shape index (κ1) is 12.2. The molecule has 0 radical (unpaired) electrons. The summed E-state index contributed by atoms with van der Waals surface area (Å²) < 4.78 is 5.83. The number of hydrogen-bond donors (Lipinski definition) is 0. The summed E-state index contributed by atoms with van der Waals surface area (Å²) in [5.41, 5.74) is 3.11. The van der Waals surface area contributed by atoms with Crippen LogP contribution in [0.5, 0.6) is 0 Å². The van der Waals surface area contributed by atoms with Gasteiger partial charge in [-0.3, -0.25) is 4.90 Å². The van der Waals surface area contributed by atoms with Gasteiger partial charge < -0.3 is 4.74 Å². The fraction of sp³-hybridized carbons (Fsp3) is 0.625. The summed E-state index contributed by atoms with van der Waals surface area (Å²) in [7, 11) is 0. The molecule has 1 aromatic rings. The van der Waals surface area contributed by atoms with Gasteiger partial charge in [-0.15, -0.1) is 0 Å². The molecule has 1 aliphatic heterocycles. The van der Waals surface area contributed by atoms with Gasteiger partial charge >= 0.3 is 0 Å². The second-order valence-electron chi connectivity index (χ2n) is 5.88. The van der Waals surface area contributed by atoms with E-state index in [4.69, 9.17) is 4.74 Å². The molecule has 0 amide bonds. The van der Waals surface area contributed by atoms with Crippen molar-refractivity contribution in [1.29, 1.82) is 0 Å². The predicted molar refractivity (Wildman–Crippen MR) is 73.8 cm³/mol. The topological polar surface area (TPSA) is 12.5 Å². The number of morpholine rings is 1. The average molecular weight is 245 g/mol. The first-order valence-electron chi connectivity index (χ1n) is 7.18. The maximum atomic E-state index is 5.83. The van der Waals surface area contributed by atoms with Gasteiger partial charge in [0.15, 0.2) is 0 Å². The summed E-state index contributed by atoms with van der Waals surface area (Å²) in [6, 6.07) is 9.64. The number of rotatable bonds is 1. The average Bonchev–Trinajstić information content (AvgIpc) is 2.37. The molecule has 1 saturated heterocycles. The van der Waals surface area contributed by atoms with Crippen molar-refractivity contribution in [2.24, 2.45) is 0 Å². The molecule has 1 heterocycles. The predicted octanol–water partition coefficient (Wildman–Crippen LogP) is 2.65. The summed E-state index contributed by atoms with van der Waals surface area (Å²) in [5.74, 6) is 0. The van der Waals surface area contributed by atoms with Crippen LogP contribution in [-0.4, -0.2) is 36.2 Å². The van der Waals surface area contributed by atoms with Crippen molar-refractivity contribution in [3.63, 3.8) is 0 Å². The van der Waals surface area contributed by atoms with Crippen molar-refractivity contribution in [1.82, 2.24) is 4.90 Å². The Morgan fingerprint density at radius 1 is 1.06 bits per heavy atom. The van der Waals surface area contributed by atoms with Gasteiger partial charge in [-0.05, 0) is 44.2 Å². The largest absolute Gasteiger partial charge is 0.373 e. The summed E-state index contributed by atoms with van der Waals surface area (Å²) in [5, 5.41) is 0. The third-order valence-electron chi connectivity index (χ3n) is 4.29. The van der Waals surface area contributed by atoms with Crippen LogP contribution in [0.1, 0.15) is 31.4 Å². The Hall–Kier alpha value is -0.860. The normalized spacial score (nSPS) is 33.1. The second-order valence-corrected chi connectivity index (χ2v) is 5.88. The van der Waals surface area contributed by atoms with E-state index in [1.807, 2.05) is 0 Å². The lowest BCUT2D eigenvalue weighted by molar-refractivity contribution is -0.0816. The molecule has 0 spiro atoms. The summed E-state index contributed by atoms with van der Waals surface area (Å²) in [6.45, 7) is 6.58. The van der Waals surface area contributed by atoms with Gasteiger partial charge in [-0.2, -0.15) is 0 Å². The summed E-state index contributed by atoms with van der Waals surface area (Å²) in [6.07, 6.45) is 4.52. The molecule has 1 aliphatic carbocycles. The molecule has 1 fully saturated rings. The van der Waals surface area contributed by atoms with Crippen LogP contribution in [0.4, 0.5) is 0 Å². The molecule has 3 rings (SSSR count). The van der Waals surface area contributed by atoms with Crippen molar-refractivity contribution in [2.75, 3.05) is 13.1 Å². The maximum absolute atomic E-state index is 5.83. The van der Waals surface area contributed by atoms with Gasteiger partial charge in [-0.25, -0.2) is 0 Å². The molecule has 3 atom stereocenters. The zero-order valence-electron chi connectivity index (χ0n) is 11.4. The monoisotopic (exact) mass is 245 g/mol. The Morgan fingerprint density at radius 3 is 2.44 bits per heavy atom. The highest BCUT2D eigenvalue weighted by atomic mass is 16.5. The lowest BCUT2D eigenvalue weighted by Crippen LogP contribution is -2.51. The van der Waals surface area contributed by atoms with E-state index in [0.29, 0.717) is 18.2 Å². The van der Waals surface area contributed by atoms with Crippen LogP contribution < -0.4 is 0 Å². The van der Waals surface area contributed by atoms with E-state index in [1.165, 1.54) is 19.3 Å². The van der Waals surface area contributed by atoms with E-state index in [0.717, 1.165) is 13.1 Å². The van der Waals surface area contributed by atoms with Gasteiger partial charge in [0, 0.05) is 19.1 Å². The van der Waals surface area contributed by atoms with E-state index in [1.54, 1.807) is 11.1 Å². The highest BCUT2D eigenvalue weighted by Crippen LogP contribution is 2.26. The van der Waals surface area contributed by atoms with Crippen molar-refractivity contribution in [3.05, 3.63) is 35.4 Å². The zero-order chi connectivity index (χ0) is 12.5. The molecular formula is C16H23NO. The minimum atomic E-state index is 0.380. The van der Waals surface area contributed by atoms with Gasteiger partial charge in [0.2, 0.25) is 0 Å². The SMILES string of the molecule is C[C@@H]1CN([C@H]2CCc3ccccc3C2)C[C@@H](C)O1. The van der Waals surface area contributed by atoms with E-state index in [9.17, 15) is 0 Å². The smallest absolute Gasteiger partial charge is 0.0678 e. The molecule has 0 unspecified atom stereocenters. The molecular weight excluding hydrogens is 222 g/mol. The standard InChI is InChI=1S/C16H23NO/c1-12-10-17(11-13(2)18-12)16-8-7-14-5-3-4-6-15(14)9-16/h3-6,12-13,16H,7-11H2,1-2H3/t12-,13-,16+/m1/s1. The molecule has 0 aromatic heterocycles. The van der Waals surface area contributed by atoms with Gasteiger partial charge in [0.1, 0.15) is 0 Å². The molecule has 2 heteroatoms. The first-order valence-corrected chi connectivity index (χ1v) is 7.18. The molecule has 0 bridgehead atoms. The molecule has 2 nitrogen and oxygen atoms in total. The van der Waals surface area contributed by atoms with Crippen molar-refractivity contribution >= 4 is 0 Å². The quantitative estimate of drug-likeness (QED) is 0.754. The number of ether oxygens (including phenoxy) is 1. The van der Waals surface area contributed by atoms with Crippen LogP contribution in [-0.2, 0) is 17.6 Å². The van der Waals surface area contributed by atoms with Crippen molar-refractivity contribution in [2.45, 2.75) is 51.4 Å². The summed E-state index contributed by atoms with van der Waals surface area (Å²) in [4.78, 5) is 2.65. The van der Waals surface area contributed by atoms with Gasteiger partial charge in [0.25, 0.3) is 0 Å². The molecule has 2 aliphatic rings. The number of fused-ring (bicyclic) bond motifs is 1. The minimum absolute atomic E-state index is 0.380. The van der Waals surface area contributed by atoms with Crippen molar-refractivity contribution in [3.8, 4) is 0 Å². The number of aryl methyl sites for hydroxylation is 1. The zero-order valence-corrected chi connectivity index (χ0v) is 11.4. The van der Waals surface area contributed by atoms with Gasteiger partial charge in [-0.1, -0.05) is 24.3 Å². The molecule has 0 saturated carbocycles. The fourth-order valence-electron chi connectivity index (χ4n) is 3.51. The molecule has 0 N–H and O–H groups in total. The Labute approximate surface area is 110 Å². The van der Waals surface area contributed by atoms with Crippen LogP contribution in [0.25, 0.3) is 0 Å². The van der Waals surface area contributed by atoms with Crippen LogP contribution in [0.3, 0.4) is 0 Å². The highest BCUT2D eigenvalue weighted by molar-refractivity contribution is 5.30. The Kier molecular flexibility index (Phi) is 3.40. The van der Waals surface area contributed by atoms with Crippen molar-refractivity contribution < 1.29 is 4.74 Å². The van der Waals surface area contributed by atoms with E-state index in [2.05, 4.69) is 43.0 Å². The Balaban J connectivity index is 1.72. The lowest BCUT2D eigenvalue weighted by Gasteiger charge is -2.42. The number of benzene rings is 1. The number of nitrogens with zero attached hydrogens (tertiary/aromatic N) is 1. The van der Waals surface area contributed by atoms with E-state index < -0.39 is 0 Å². The first-order chi connectivity index (χ1) is 8.72. The molecule has 1 aromatic carbocycles. The van der Waals surface area contributed by atoms with Gasteiger partial charge in [0.05, 0.1) is 12.2 Å². The lowest BCUT2D eigenvalue weighted by atomic mass is 9.87.